The van der Waals surface area contributed by atoms with Gasteiger partial charge in [0.05, 0.1) is 11.9 Å². The summed E-state index contributed by atoms with van der Waals surface area (Å²) in [6, 6.07) is 6.41. The highest BCUT2D eigenvalue weighted by atomic mass is 19.1. The molecule has 0 saturated carbocycles. The second kappa shape index (κ2) is 5.53. The molecule has 100 valence electrons. The second-order valence-electron chi connectivity index (χ2n) is 5.19. The van der Waals surface area contributed by atoms with Crippen LogP contribution in [-0.4, -0.2) is 22.9 Å². The third-order valence-corrected chi connectivity index (χ3v) is 3.65. The van der Waals surface area contributed by atoms with Gasteiger partial charge in [-0.2, -0.15) is 5.10 Å². The normalized spacial score (nSPS) is 19.5. The van der Waals surface area contributed by atoms with Gasteiger partial charge in [-0.3, -0.25) is 0 Å². The first-order valence-corrected chi connectivity index (χ1v) is 6.81. The van der Waals surface area contributed by atoms with Crippen LogP contribution in [0.1, 0.15) is 18.4 Å². The first kappa shape index (κ1) is 12.4. The number of hydrogen-bond donors (Lipinski definition) is 1. The highest BCUT2D eigenvalue weighted by Crippen LogP contribution is 2.17. The molecule has 1 aromatic heterocycles. The lowest BCUT2D eigenvalue weighted by atomic mass is 9.94. The van der Waals surface area contributed by atoms with Crippen molar-refractivity contribution < 1.29 is 4.39 Å². The maximum atomic E-state index is 12.9. The van der Waals surface area contributed by atoms with E-state index in [1.54, 1.807) is 12.1 Å². The van der Waals surface area contributed by atoms with Crippen LogP contribution >= 0.6 is 0 Å². The summed E-state index contributed by atoms with van der Waals surface area (Å²) in [6.45, 7) is 2.24. The monoisotopic (exact) mass is 259 g/mol. The van der Waals surface area contributed by atoms with Gasteiger partial charge < -0.3 is 5.32 Å². The molecule has 1 unspecified atom stereocenters. The van der Waals surface area contributed by atoms with E-state index in [0.717, 1.165) is 25.2 Å². The van der Waals surface area contributed by atoms with Crippen LogP contribution in [0.4, 0.5) is 4.39 Å². The van der Waals surface area contributed by atoms with Crippen LogP contribution in [0.15, 0.2) is 36.7 Å². The van der Waals surface area contributed by atoms with E-state index in [1.165, 1.54) is 30.5 Å². The molecule has 0 bridgehead atoms. The second-order valence-corrected chi connectivity index (χ2v) is 5.19. The fourth-order valence-corrected chi connectivity index (χ4v) is 2.63. The lowest BCUT2D eigenvalue weighted by Gasteiger charge is -2.21. The van der Waals surface area contributed by atoms with Gasteiger partial charge in [-0.15, -0.1) is 0 Å². The van der Waals surface area contributed by atoms with Crippen molar-refractivity contribution in [2.45, 2.75) is 19.3 Å². The molecule has 3 nitrogen and oxygen atoms in total. The van der Waals surface area contributed by atoms with Crippen molar-refractivity contribution in [2.75, 3.05) is 13.1 Å². The molecular weight excluding hydrogens is 241 g/mol. The van der Waals surface area contributed by atoms with Crippen LogP contribution in [0.2, 0.25) is 0 Å². The summed E-state index contributed by atoms with van der Waals surface area (Å²) in [5.41, 5.74) is 2.15. The van der Waals surface area contributed by atoms with Gasteiger partial charge >= 0.3 is 0 Å². The molecule has 1 N–H and O–H groups in total. The third kappa shape index (κ3) is 3.01. The van der Waals surface area contributed by atoms with Crippen molar-refractivity contribution in [1.29, 1.82) is 0 Å². The van der Waals surface area contributed by atoms with Crippen LogP contribution in [-0.2, 0) is 6.42 Å². The van der Waals surface area contributed by atoms with Crippen LogP contribution in [0.25, 0.3) is 5.69 Å². The Hall–Kier alpha value is -1.68. The van der Waals surface area contributed by atoms with Crippen LogP contribution in [0.3, 0.4) is 0 Å². The number of nitrogens with one attached hydrogen (secondary N) is 1. The first-order chi connectivity index (χ1) is 9.31. The third-order valence-electron chi connectivity index (χ3n) is 3.65. The maximum absolute atomic E-state index is 12.9. The van der Waals surface area contributed by atoms with E-state index in [4.69, 9.17) is 0 Å². The first-order valence-electron chi connectivity index (χ1n) is 6.81. The Morgan fingerprint density at radius 2 is 2.16 bits per heavy atom. The Morgan fingerprint density at radius 3 is 2.89 bits per heavy atom. The predicted octanol–water partition coefficient (Wildman–Crippen LogP) is 2.55. The summed E-state index contributed by atoms with van der Waals surface area (Å²) in [5, 5.41) is 7.79. The van der Waals surface area contributed by atoms with Crippen molar-refractivity contribution in [3.63, 3.8) is 0 Å². The topological polar surface area (TPSA) is 29.9 Å². The quantitative estimate of drug-likeness (QED) is 0.918. The van der Waals surface area contributed by atoms with E-state index >= 15 is 0 Å². The molecular formula is C15H18FN3. The average Bonchev–Trinajstić information content (AvgIpc) is 2.89. The minimum atomic E-state index is -0.218. The zero-order valence-electron chi connectivity index (χ0n) is 10.8. The molecule has 0 aliphatic carbocycles. The highest BCUT2D eigenvalue weighted by molar-refractivity contribution is 5.31. The molecule has 19 heavy (non-hydrogen) atoms. The number of aromatic nitrogens is 2. The minimum absolute atomic E-state index is 0.218. The minimum Gasteiger partial charge on any atom is -0.316 e. The van der Waals surface area contributed by atoms with Gasteiger partial charge in [0.15, 0.2) is 0 Å². The largest absolute Gasteiger partial charge is 0.316 e. The van der Waals surface area contributed by atoms with Crippen LogP contribution < -0.4 is 5.32 Å². The summed E-state index contributed by atoms with van der Waals surface area (Å²) in [4.78, 5) is 0. The Kier molecular flexibility index (Phi) is 3.60. The average molecular weight is 259 g/mol. The van der Waals surface area contributed by atoms with Gasteiger partial charge in [0.25, 0.3) is 0 Å². The standard InChI is InChI=1S/C15H18FN3/c16-14-3-5-15(6-4-14)19-11-13(10-18-19)8-12-2-1-7-17-9-12/h3-6,10-12,17H,1-2,7-9H2. The van der Waals surface area contributed by atoms with E-state index in [-0.39, 0.29) is 5.82 Å². The van der Waals surface area contributed by atoms with E-state index in [0.29, 0.717) is 5.92 Å². The molecule has 1 saturated heterocycles. The smallest absolute Gasteiger partial charge is 0.123 e. The Labute approximate surface area is 112 Å². The van der Waals surface area contributed by atoms with Gasteiger partial charge in [0.1, 0.15) is 5.82 Å². The SMILES string of the molecule is Fc1ccc(-n2cc(CC3CCCNC3)cn2)cc1. The fraction of sp³-hybridized carbons (Fsp3) is 0.400. The zero-order chi connectivity index (χ0) is 13.1. The number of nitrogens with zero attached hydrogens (tertiary/aromatic N) is 2. The fourth-order valence-electron chi connectivity index (χ4n) is 2.63. The molecule has 1 atom stereocenters. The van der Waals surface area contributed by atoms with Gasteiger partial charge in [-0.25, -0.2) is 9.07 Å². The number of benzene rings is 1. The molecule has 2 heterocycles. The number of rotatable bonds is 3. The molecule has 0 amide bonds. The molecule has 0 radical (unpaired) electrons. The zero-order valence-corrected chi connectivity index (χ0v) is 10.8. The molecule has 1 aliphatic heterocycles. The summed E-state index contributed by atoms with van der Waals surface area (Å²) in [7, 11) is 0. The van der Waals surface area contributed by atoms with Crippen molar-refractivity contribution in [1.82, 2.24) is 15.1 Å². The van der Waals surface area contributed by atoms with Crippen molar-refractivity contribution in [3.8, 4) is 5.69 Å². The molecule has 2 aromatic rings. The Balaban J connectivity index is 1.70. The van der Waals surface area contributed by atoms with E-state index in [2.05, 4.69) is 10.4 Å². The molecule has 1 aromatic carbocycles. The number of piperidine rings is 1. The summed E-state index contributed by atoms with van der Waals surface area (Å²) >= 11 is 0. The molecule has 0 spiro atoms. The molecule has 1 fully saturated rings. The molecule has 3 rings (SSSR count). The Morgan fingerprint density at radius 1 is 1.32 bits per heavy atom. The van der Waals surface area contributed by atoms with Gasteiger partial charge in [-0.05, 0) is 68.1 Å². The van der Waals surface area contributed by atoms with Crippen molar-refractivity contribution in [3.05, 3.63) is 48.0 Å². The lowest BCUT2D eigenvalue weighted by molar-refractivity contribution is 0.376. The van der Waals surface area contributed by atoms with Crippen LogP contribution in [0, 0.1) is 11.7 Å². The van der Waals surface area contributed by atoms with Crippen LogP contribution in [0.5, 0.6) is 0 Å². The van der Waals surface area contributed by atoms with E-state index in [1.807, 2.05) is 17.1 Å². The lowest BCUT2D eigenvalue weighted by Crippen LogP contribution is -2.30. The predicted molar refractivity (Wildman–Crippen MR) is 72.8 cm³/mol. The Bertz CT molecular complexity index is 527. The van der Waals surface area contributed by atoms with E-state index < -0.39 is 0 Å². The van der Waals surface area contributed by atoms with Gasteiger partial charge in [0.2, 0.25) is 0 Å². The number of hydrogen-bond acceptors (Lipinski definition) is 2. The van der Waals surface area contributed by atoms with Crippen molar-refractivity contribution in [2.24, 2.45) is 5.92 Å². The van der Waals surface area contributed by atoms with Crippen molar-refractivity contribution >= 4 is 0 Å². The van der Waals surface area contributed by atoms with Gasteiger partial charge in [0, 0.05) is 6.20 Å². The summed E-state index contributed by atoms with van der Waals surface area (Å²) < 4.78 is 14.7. The highest BCUT2D eigenvalue weighted by Gasteiger charge is 2.14. The molecule has 1 aliphatic rings. The summed E-state index contributed by atoms with van der Waals surface area (Å²) in [5.74, 6) is 0.490. The number of halogens is 1. The van der Waals surface area contributed by atoms with E-state index in [9.17, 15) is 4.39 Å². The molecule has 4 heteroatoms. The maximum Gasteiger partial charge on any atom is 0.123 e. The summed E-state index contributed by atoms with van der Waals surface area (Å²) in [6.07, 6.45) is 7.57. The van der Waals surface area contributed by atoms with Gasteiger partial charge in [-0.1, -0.05) is 0 Å².